The molecular formula is C28H34N5O9P. The molecule has 1 aromatic carbocycles. The topological polar surface area (TPSA) is 197 Å². The third-order valence-electron chi connectivity index (χ3n) is 6.55. The fourth-order valence-electron chi connectivity index (χ4n) is 4.42. The SMILES string of the molecule is CCC(=O)O[C@H]1[C@H](c2ccc3c(N)ccnn23)O[C@](C#N)(CO[P@@](=O)(N[C@@H](C)C(=O)OC(C)C)Oc2ccccc2)[C@H]1O. The van der Waals surface area contributed by atoms with E-state index in [0.29, 0.717) is 16.9 Å². The summed E-state index contributed by atoms with van der Waals surface area (Å²) in [5, 5.41) is 28.5. The van der Waals surface area contributed by atoms with Gasteiger partial charge in [-0.3, -0.25) is 14.1 Å². The maximum Gasteiger partial charge on any atom is 0.459 e. The Hall–Kier alpha value is -3.99. The van der Waals surface area contributed by atoms with Gasteiger partial charge in [-0.25, -0.2) is 9.08 Å². The van der Waals surface area contributed by atoms with Crippen molar-refractivity contribution in [3.8, 4) is 11.8 Å². The lowest BCUT2D eigenvalue weighted by molar-refractivity contribution is -0.155. The minimum atomic E-state index is -4.44. The van der Waals surface area contributed by atoms with Crippen molar-refractivity contribution in [1.82, 2.24) is 14.7 Å². The van der Waals surface area contributed by atoms with Crippen LogP contribution in [0, 0.1) is 11.3 Å². The number of aliphatic hydroxyl groups is 1. The first-order valence-corrected chi connectivity index (χ1v) is 15.1. The number of aliphatic hydroxyl groups excluding tert-OH is 1. The van der Waals surface area contributed by atoms with E-state index in [9.17, 15) is 24.5 Å². The van der Waals surface area contributed by atoms with Crippen LogP contribution in [0.1, 0.15) is 45.9 Å². The number of aromatic nitrogens is 2. The van der Waals surface area contributed by atoms with Gasteiger partial charge in [0.1, 0.15) is 36.7 Å². The first-order valence-electron chi connectivity index (χ1n) is 13.6. The number of benzene rings is 1. The lowest BCUT2D eigenvalue weighted by Crippen LogP contribution is -2.47. The number of carbonyl (C=O) groups is 2. The summed E-state index contributed by atoms with van der Waals surface area (Å²) in [5.74, 6) is -1.24. The molecule has 4 N–H and O–H groups in total. The highest BCUT2D eigenvalue weighted by molar-refractivity contribution is 7.52. The Morgan fingerprint density at radius 3 is 2.60 bits per heavy atom. The molecule has 1 saturated heterocycles. The number of hydrogen-bond donors (Lipinski definition) is 3. The molecule has 4 rings (SSSR count). The Morgan fingerprint density at radius 1 is 1.23 bits per heavy atom. The Morgan fingerprint density at radius 2 is 1.95 bits per heavy atom. The minimum absolute atomic E-state index is 0.0134. The highest BCUT2D eigenvalue weighted by Gasteiger charge is 2.59. The molecule has 3 heterocycles. The Balaban J connectivity index is 1.67. The number of nitrogens with one attached hydrogen (secondary N) is 1. The minimum Gasteiger partial charge on any atom is -0.462 e. The smallest absolute Gasteiger partial charge is 0.459 e. The van der Waals surface area contributed by atoms with E-state index in [2.05, 4.69) is 10.2 Å². The van der Waals surface area contributed by atoms with Gasteiger partial charge in [-0.05, 0) is 51.1 Å². The number of carbonyl (C=O) groups excluding carboxylic acids is 2. The summed E-state index contributed by atoms with van der Waals surface area (Å²) in [6.45, 7) is 5.48. The zero-order chi connectivity index (χ0) is 31.4. The molecule has 0 aliphatic carbocycles. The highest BCUT2D eigenvalue weighted by Crippen LogP contribution is 2.49. The van der Waals surface area contributed by atoms with Crippen LogP contribution < -0.4 is 15.3 Å². The molecule has 0 amide bonds. The molecule has 1 aliphatic rings. The van der Waals surface area contributed by atoms with Crippen LogP contribution in [0.4, 0.5) is 5.69 Å². The van der Waals surface area contributed by atoms with Crippen LogP contribution in [0.15, 0.2) is 54.7 Å². The first-order chi connectivity index (χ1) is 20.4. The van der Waals surface area contributed by atoms with E-state index in [-0.39, 0.29) is 12.2 Å². The average Bonchev–Trinajstić information content (AvgIpc) is 3.52. The van der Waals surface area contributed by atoms with Gasteiger partial charge in [0.05, 0.1) is 23.0 Å². The number of ether oxygens (including phenoxy) is 3. The normalized spacial score (nSPS) is 23.8. The maximum absolute atomic E-state index is 14.0. The number of rotatable bonds is 12. The van der Waals surface area contributed by atoms with E-state index in [1.54, 1.807) is 57.2 Å². The molecule has 6 atom stereocenters. The van der Waals surface area contributed by atoms with E-state index in [1.807, 2.05) is 6.07 Å². The summed E-state index contributed by atoms with van der Waals surface area (Å²) in [6.07, 6.45) is -3.34. The molecule has 43 heavy (non-hydrogen) atoms. The Bertz CT molecular complexity index is 1540. The summed E-state index contributed by atoms with van der Waals surface area (Å²) in [7, 11) is -4.44. The number of hydrogen-bond acceptors (Lipinski definition) is 12. The molecular weight excluding hydrogens is 581 g/mol. The molecule has 0 saturated carbocycles. The third kappa shape index (κ3) is 6.98. The van der Waals surface area contributed by atoms with Crippen LogP contribution >= 0.6 is 7.75 Å². The summed E-state index contributed by atoms with van der Waals surface area (Å²) < 4.78 is 43.6. The molecule has 2 aromatic heterocycles. The van der Waals surface area contributed by atoms with Crippen molar-refractivity contribution >= 4 is 30.9 Å². The second-order valence-electron chi connectivity index (χ2n) is 10.1. The highest BCUT2D eigenvalue weighted by atomic mass is 31.2. The van der Waals surface area contributed by atoms with Crippen molar-refractivity contribution in [3.63, 3.8) is 0 Å². The van der Waals surface area contributed by atoms with Gasteiger partial charge in [0, 0.05) is 12.6 Å². The molecule has 0 bridgehead atoms. The number of nitriles is 1. The number of fused-ring (bicyclic) bond motifs is 1. The van der Waals surface area contributed by atoms with Crippen molar-refractivity contribution in [2.24, 2.45) is 0 Å². The van der Waals surface area contributed by atoms with E-state index >= 15 is 0 Å². The molecule has 0 unspecified atom stereocenters. The number of nitrogen functional groups attached to an aromatic ring is 1. The van der Waals surface area contributed by atoms with Gasteiger partial charge in [-0.1, -0.05) is 25.1 Å². The predicted octanol–water partition coefficient (Wildman–Crippen LogP) is 3.07. The second-order valence-corrected chi connectivity index (χ2v) is 11.8. The van der Waals surface area contributed by atoms with E-state index in [0.717, 1.165) is 0 Å². The Kier molecular flexibility index (Phi) is 9.74. The number of nitrogens with two attached hydrogens (primary N) is 1. The van der Waals surface area contributed by atoms with Crippen LogP contribution in [-0.4, -0.2) is 63.2 Å². The fourth-order valence-corrected chi connectivity index (χ4v) is 5.94. The number of para-hydroxylation sites is 1. The lowest BCUT2D eigenvalue weighted by Gasteiger charge is -2.28. The van der Waals surface area contributed by atoms with Gasteiger partial charge in [-0.2, -0.15) is 15.4 Å². The fraction of sp³-hybridized carbons (Fsp3) is 0.429. The van der Waals surface area contributed by atoms with E-state index in [1.165, 1.54) is 29.8 Å². The van der Waals surface area contributed by atoms with Crippen LogP contribution in [0.3, 0.4) is 0 Å². The zero-order valence-corrected chi connectivity index (χ0v) is 25.0. The number of esters is 2. The monoisotopic (exact) mass is 615 g/mol. The summed E-state index contributed by atoms with van der Waals surface area (Å²) in [5.41, 5.74) is 5.13. The van der Waals surface area contributed by atoms with Gasteiger partial charge in [0.2, 0.25) is 5.60 Å². The summed E-state index contributed by atoms with van der Waals surface area (Å²) in [6, 6.07) is 13.6. The molecule has 14 nitrogen and oxygen atoms in total. The average molecular weight is 616 g/mol. The molecule has 1 fully saturated rings. The molecule has 0 spiro atoms. The zero-order valence-electron chi connectivity index (χ0n) is 24.1. The lowest BCUT2D eigenvalue weighted by atomic mass is 9.96. The van der Waals surface area contributed by atoms with E-state index in [4.69, 9.17) is 29.0 Å². The number of nitrogens with zero attached hydrogens (tertiary/aromatic N) is 3. The van der Waals surface area contributed by atoms with Crippen LogP contribution in [-0.2, 0) is 32.9 Å². The van der Waals surface area contributed by atoms with Crippen molar-refractivity contribution in [2.45, 2.75) is 70.2 Å². The molecule has 1 aliphatic heterocycles. The van der Waals surface area contributed by atoms with Crippen molar-refractivity contribution in [1.29, 1.82) is 5.26 Å². The maximum atomic E-state index is 14.0. The van der Waals surface area contributed by atoms with Gasteiger partial charge in [0.15, 0.2) is 6.10 Å². The van der Waals surface area contributed by atoms with Gasteiger partial charge >= 0.3 is 19.7 Å². The van der Waals surface area contributed by atoms with Crippen molar-refractivity contribution in [3.05, 3.63) is 60.4 Å². The quantitative estimate of drug-likeness (QED) is 0.199. The molecule has 15 heteroatoms. The third-order valence-corrected chi connectivity index (χ3v) is 8.18. The van der Waals surface area contributed by atoms with Gasteiger partial charge in [-0.15, -0.1) is 0 Å². The van der Waals surface area contributed by atoms with Crippen LogP contribution in [0.5, 0.6) is 5.75 Å². The van der Waals surface area contributed by atoms with Gasteiger partial charge < -0.3 is 29.6 Å². The Labute approximate surface area is 248 Å². The van der Waals surface area contributed by atoms with E-state index < -0.39 is 62.4 Å². The summed E-state index contributed by atoms with van der Waals surface area (Å²) >= 11 is 0. The van der Waals surface area contributed by atoms with Crippen molar-refractivity contribution in [2.75, 3.05) is 12.3 Å². The van der Waals surface area contributed by atoms with Crippen LogP contribution in [0.25, 0.3) is 5.52 Å². The second kappa shape index (κ2) is 13.1. The number of anilines is 1. The standard InChI is InChI=1S/C28H34N5O9P/c1-5-23(34)40-25-24(22-12-11-21-20(30)13-14-31-33(21)22)41-28(15-29,26(25)35)16-38-43(37,42-19-9-7-6-8-10-19)32-18(4)27(36)39-17(2)3/h6-14,17-18,24-26,35H,5,16,30H2,1-4H3,(H,32,37)/t18-,24-,25-,26-,28+,43-/m0/s1. The first kappa shape index (κ1) is 31.9. The van der Waals surface area contributed by atoms with Crippen molar-refractivity contribution < 1.29 is 42.5 Å². The molecule has 230 valence electrons. The predicted molar refractivity (Wildman–Crippen MR) is 152 cm³/mol. The summed E-state index contributed by atoms with van der Waals surface area (Å²) in [4.78, 5) is 24.9. The molecule has 3 aromatic rings. The van der Waals surface area contributed by atoms with Crippen LogP contribution in [0.2, 0.25) is 0 Å². The largest absolute Gasteiger partial charge is 0.462 e. The molecule has 0 radical (unpaired) electrons. The van der Waals surface area contributed by atoms with Gasteiger partial charge in [0.25, 0.3) is 0 Å².